The van der Waals surface area contributed by atoms with Crippen LogP contribution in [0.2, 0.25) is 0 Å². The molecule has 0 aromatic carbocycles. The van der Waals surface area contributed by atoms with Crippen molar-refractivity contribution in [3.05, 3.63) is 0 Å². The van der Waals surface area contributed by atoms with E-state index in [1.807, 2.05) is 6.92 Å². The second-order valence-electron chi connectivity index (χ2n) is 15.1. The molecule has 1 aliphatic rings. The monoisotopic (exact) mass is 1050 g/mol. The first-order valence-corrected chi connectivity index (χ1v) is 25.6. The SMILES string of the molecule is CCC(COC(=O)CCCC(=O)NCCSC1CC(=O)N(CCOCCOCCOCCOCCOCCOCCOCCOCCOCCOCCOCCOCCC(=O)NC)C1=O)OC(CO)OC. The summed E-state index contributed by atoms with van der Waals surface area (Å²) < 4.78 is 81.3. The summed E-state index contributed by atoms with van der Waals surface area (Å²) >= 11 is 1.32. The lowest BCUT2D eigenvalue weighted by Crippen LogP contribution is -2.34. The van der Waals surface area contributed by atoms with E-state index in [2.05, 4.69) is 10.6 Å². The van der Waals surface area contributed by atoms with E-state index < -0.39 is 23.6 Å². The van der Waals surface area contributed by atoms with Gasteiger partial charge in [-0.1, -0.05) is 6.92 Å². The first-order chi connectivity index (χ1) is 34.7. The Balaban J connectivity index is 1.80. The number of carbonyl (C=O) groups excluding carboxylic acids is 5. The maximum Gasteiger partial charge on any atom is 0.305 e. The number of ether oxygens (including phenoxy) is 15. The molecule has 71 heavy (non-hydrogen) atoms. The molecule has 3 unspecified atom stereocenters. The van der Waals surface area contributed by atoms with Gasteiger partial charge in [0.15, 0.2) is 6.29 Å². The molecule has 1 fully saturated rings. The largest absolute Gasteiger partial charge is 0.463 e. The van der Waals surface area contributed by atoms with Crippen LogP contribution in [-0.2, 0) is 95.0 Å². The molecule has 0 saturated carbocycles. The fourth-order valence-corrected chi connectivity index (χ4v) is 6.79. The molecule has 1 rings (SSSR count). The van der Waals surface area contributed by atoms with Crippen LogP contribution in [0.3, 0.4) is 0 Å². The van der Waals surface area contributed by atoms with Crippen molar-refractivity contribution in [1.29, 1.82) is 0 Å². The number of methoxy groups -OCH3 is 1. The lowest BCUT2D eigenvalue weighted by atomic mass is 10.2. The van der Waals surface area contributed by atoms with Crippen molar-refractivity contribution in [1.82, 2.24) is 15.5 Å². The lowest BCUT2D eigenvalue weighted by Gasteiger charge is -2.21. The molecule has 0 aromatic rings. The normalized spacial score (nSPS) is 14.6. The van der Waals surface area contributed by atoms with Crippen molar-refractivity contribution >= 4 is 41.4 Å². The number of nitrogens with zero attached hydrogens (tertiary/aromatic N) is 1. The van der Waals surface area contributed by atoms with Gasteiger partial charge in [-0.15, -0.1) is 11.8 Å². The van der Waals surface area contributed by atoms with Crippen molar-refractivity contribution in [3.63, 3.8) is 0 Å². The highest BCUT2D eigenvalue weighted by Crippen LogP contribution is 2.24. The Morgan fingerprint density at radius 2 is 1.04 bits per heavy atom. The number of aliphatic hydroxyl groups is 1. The molecule has 4 amide bonds. The average Bonchev–Trinajstić information content (AvgIpc) is 3.64. The fraction of sp³-hybridized carbons (Fsp3) is 0.891. The van der Waals surface area contributed by atoms with Crippen LogP contribution in [-0.4, -0.2) is 262 Å². The molecule has 0 radical (unpaired) electrons. The van der Waals surface area contributed by atoms with Gasteiger partial charge in [0, 0.05) is 52.1 Å². The third-order valence-corrected chi connectivity index (χ3v) is 10.9. The third kappa shape index (κ3) is 40.4. The minimum Gasteiger partial charge on any atom is -0.463 e. The van der Waals surface area contributed by atoms with Crippen molar-refractivity contribution in [3.8, 4) is 0 Å². The quantitative estimate of drug-likeness (QED) is 0.0307. The van der Waals surface area contributed by atoms with Crippen LogP contribution in [0.15, 0.2) is 0 Å². The summed E-state index contributed by atoms with van der Waals surface area (Å²) in [6.07, 6.45) is 0.320. The van der Waals surface area contributed by atoms with Gasteiger partial charge in [0.05, 0.1) is 183 Å². The molecule has 1 aliphatic heterocycles. The van der Waals surface area contributed by atoms with E-state index >= 15 is 0 Å². The molecule has 0 aromatic heterocycles. The summed E-state index contributed by atoms with van der Waals surface area (Å²) in [4.78, 5) is 61.7. The molecular formula is C46H85N3O21S. The predicted octanol–water partition coefficient (Wildman–Crippen LogP) is -0.228. The predicted molar refractivity (Wildman–Crippen MR) is 257 cm³/mol. The smallest absolute Gasteiger partial charge is 0.305 e. The van der Waals surface area contributed by atoms with Crippen LogP contribution >= 0.6 is 11.8 Å². The topological polar surface area (TPSA) is 271 Å². The van der Waals surface area contributed by atoms with E-state index in [0.29, 0.717) is 184 Å². The van der Waals surface area contributed by atoms with E-state index in [1.165, 1.54) is 23.8 Å². The number of aliphatic hydroxyl groups excluding tert-OH is 1. The summed E-state index contributed by atoms with van der Waals surface area (Å²) in [5.74, 6) is -0.784. The molecule has 0 aliphatic carbocycles. The maximum absolute atomic E-state index is 12.8. The number of imide groups is 1. The summed E-state index contributed by atoms with van der Waals surface area (Å²) in [6.45, 7) is 12.3. The molecule has 24 nitrogen and oxygen atoms in total. The summed E-state index contributed by atoms with van der Waals surface area (Å²) in [5.41, 5.74) is 0. The highest BCUT2D eigenvalue weighted by molar-refractivity contribution is 8.00. The van der Waals surface area contributed by atoms with Gasteiger partial charge in [-0.05, 0) is 12.8 Å². The summed E-state index contributed by atoms with van der Waals surface area (Å²) in [6, 6.07) is 0. The van der Waals surface area contributed by atoms with Crippen molar-refractivity contribution in [2.45, 2.75) is 63.1 Å². The number of esters is 1. The molecule has 0 bridgehead atoms. The van der Waals surface area contributed by atoms with Crippen LogP contribution in [0.4, 0.5) is 0 Å². The number of amides is 4. The molecule has 3 N–H and O–H groups in total. The zero-order valence-corrected chi connectivity index (χ0v) is 43.3. The van der Waals surface area contributed by atoms with Gasteiger partial charge in [-0.2, -0.15) is 0 Å². The Labute approximate surface area is 423 Å². The van der Waals surface area contributed by atoms with Gasteiger partial charge in [0.1, 0.15) is 6.61 Å². The highest BCUT2D eigenvalue weighted by Gasteiger charge is 2.38. The Hall–Kier alpha value is -2.70. The molecule has 25 heteroatoms. The molecular weight excluding hydrogens is 963 g/mol. The molecule has 1 heterocycles. The summed E-state index contributed by atoms with van der Waals surface area (Å²) in [7, 11) is 3.00. The molecule has 3 atom stereocenters. The molecule has 0 spiro atoms. The number of rotatable bonds is 54. The Bertz CT molecular complexity index is 1310. The van der Waals surface area contributed by atoms with Crippen molar-refractivity contribution in [2.24, 2.45) is 0 Å². The van der Waals surface area contributed by atoms with Gasteiger partial charge in [-0.25, -0.2) is 0 Å². The maximum atomic E-state index is 12.8. The Morgan fingerprint density at radius 3 is 1.44 bits per heavy atom. The van der Waals surface area contributed by atoms with E-state index in [0.717, 1.165) is 0 Å². The lowest BCUT2D eigenvalue weighted by molar-refractivity contribution is -0.188. The average molecular weight is 1050 g/mol. The second-order valence-corrected chi connectivity index (χ2v) is 16.4. The van der Waals surface area contributed by atoms with Gasteiger partial charge in [0.2, 0.25) is 23.6 Å². The van der Waals surface area contributed by atoms with Crippen LogP contribution in [0.1, 0.15) is 45.4 Å². The van der Waals surface area contributed by atoms with Crippen LogP contribution < -0.4 is 10.6 Å². The standard InChI is InChI=1S/C46H85N3O21S/c1-4-39(70-45(37-50)56-3)38-69-44(54)7-5-6-42(52)48-9-35-71-40-36-43(53)49(46(40)55)10-12-58-14-16-60-18-20-62-22-24-64-26-28-66-30-32-68-34-33-67-31-29-65-27-25-63-23-21-61-19-17-59-15-13-57-11-8-41(51)47-2/h39-40,45,50H,4-38H2,1-3H3,(H,47,51)(H,48,52). The number of hydrogen-bond donors (Lipinski definition) is 3. The number of likely N-dealkylation sites (tertiary alicyclic amines) is 1. The first kappa shape index (κ1) is 66.3. The van der Waals surface area contributed by atoms with Gasteiger partial charge < -0.3 is 86.8 Å². The highest BCUT2D eigenvalue weighted by atomic mass is 32.2. The second kappa shape index (κ2) is 49.5. The molecule has 416 valence electrons. The zero-order chi connectivity index (χ0) is 51.7. The number of thioether (sulfide) groups is 1. The Kier molecular flexibility index (Phi) is 46.2. The fourth-order valence-electron chi connectivity index (χ4n) is 5.76. The van der Waals surface area contributed by atoms with Crippen molar-refractivity contribution < 1.29 is 100 Å². The minimum atomic E-state index is -0.791. The minimum absolute atomic E-state index is 0.0216. The van der Waals surface area contributed by atoms with E-state index in [9.17, 15) is 29.1 Å². The first-order valence-electron chi connectivity index (χ1n) is 24.6. The number of nitrogens with one attached hydrogen (secondary N) is 2. The number of carbonyl (C=O) groups is 5. The van der Waals surface area contributed by atoms with Gasteiger partial charge >= 0.3 is 5.97 Å². The van der Waals surface area contributed by atoms with E-state index in [-0.39, 0.29) is 69.3 Å². The van der Waals surface area contributed by atoms with E-state index in [4.69, 9.17) is 71.1 Å². The zero-order valence-electron chi connectivity index (χ0n) is 42.4. The van der Waals surface area contributed by atoms with Crippen LogP contribution in [0.5, 0.6) is 0 Å². The third-order valence-electron chi connectivity index (χ3n) is 9.68. The van der Waals surface area contributed by atoms with E-state index in [1.54, 1.807) is 7.05 Å². The van der Waals surface area contributed by atoms with Gasteiger partial charge in [0.25, 0.3) is 0 Å². The molecule has 1 saturated heterocycles. The van der Waals surface area contributed by atoms with Crippen molar-refractivity contribution in [2.75, 3.05) is 205 Å². The Morgan fingerprint density at radius 1 is 0.620 bits per heavy atom. The van der Waals surface area contributed by atoms with Crippen LogP contribution in [0, 0.1) is 0 Å². The number of hydrogen-bond acceptors (Lipinski definition) is 22. The van der Waals surface area contributed by atoms with Gasteiger partial charge in [-0.3, -0.25) is 28.9 Å². The summed E-state index contributed by atoms with van der Waals surface area (Å²) in [5, 5.41) is 14.0. The van der Waals surface area contributed by atoms with Crippen LogP contribution in [0.25, 0.3) is 0 Å².